The number of nitrogens with one attached hydrogen (secondary N) is 1. The molecule has 3 rings (SSSR count). The number of thioether (sulfide) groups is 1. The molecule has 2 amide bonds. The lowest BCUT2D eigenvalue weighted by atomic mass is 10.2. The summed E-state index contributed by atoms with van der Waals surface area (Å²) in [6.45, 7) is 0. The average molecular weight is 409 g/mol. The van der Waals surface area contributed by atoms with Crippen LogP contribution in [0.15, 0.2) is 23.4 Å². The maximum absolute atomic E-state index is 12.3. The summed E-state index contributed by atoms with van der Waals surface area (Å²) in [5, 5.41) is 15.6. The van der Waals surface area contributed by atoms with Gasteiger partial charge < -0.3 is 10.2 Å². The van der Waals surface area contributed by atoms with Crippen LogP contribution < -0.4 is 5.32 Å². The molecule has 1 aromatic heterocycles. The van der Waals surface area contributed by atoms with Gasteiger partial charge in [-0.15, -0.1) is 5.10 Å². The van der Waals surface area contributed by atoms with Gasteiger partial charge in [0.1, 0.15) is 0 Å². The minimum atomic E-state index is -0.191. The van der Waals surface area contributed by atoms with E-state index in [0.29, 0.717) is 27.5 Å². The van der Waals surface area contributed by atoms with Crippen LogP contribution in [-0.2, 0) is 4.79 Å². The number of amides is 2. The second-order valence-electron chi connectivity index (χ2n) is 6.58. The molecule has 0 unspecified atom stereocenters. The number of hydrogen-bond donors (Lipinski definition) is 1. The number of aromatic nitrogens is 4. The van der Waals surface area contributed by atoms with Crippen molar-refractivity contribution < 1.29 is 9.59 Å². The van der Waals surface area contributed by atoms with Crippen molar-refractivity contribution in [3.63, 3.8) is 0 Å². The van der Waals surface area contributed by atoms with Crippen molar-refractivity contribution in [3.05, 3.63) is 28.8 Å². The lowest BCUT2D eigenvalue weighted by Crippen LogP contribution is -2.22. The Kier molecular flexibility index (Phi) is 6.33. The van der Waals surface area contributed by atoms with Crippen molar-refractivity contribution in [1.29, 1.82) is 0 Å². The molecule has 0 radical (unpaired) electrons. The molecule has 1 aliphatic carbocycles. The van der Waals surface area contributed by atoms with Crippen molar-refractivity contribution in [2.24, 2.45) is 0 Å². The third-order valence-corrected chi connectivity index (χ3v) is 5.60. The molecule has 1 fully saturated rings. The van der Waals surface area contributed by atoms with Gasteiger partial charge in [0.05, 0.1) is 22.4 Å². The first-order chi connectivity index (χ1) is 13.0. The molecule has 0 aliphatic heterocycles. The van der Waals surface area contributed by atoms with Crippen LogP contribution in [0.1, 0.15) is 42.1 Å². The van der Waals surface area contributed by atoms with Gasteiger partial charge in [0.25, 0.3) is 5.91 Å². The predicted octanol–water partition coefficient (Wildman–Crippen LogP) is 2.87. The molecule has 1 saturated carbocycles. The van der Waals surface area contributed by atoms with Crippen LogP contribution in [0.4, 0.5) is 5.69 Å². The molecule has 0 saturated heterocycles. The maximum atomic E-state index is 12.3. The molecule has 0 bridgehead atoms. The van der Waals surface area contributed by atoms with Gasteiger partial charge in [-0.05, 0) is 41.5 Å². The van der Waals surface area contributed by atoms with E-state index in [4.69, 9.17) is 11.6 Å². The third kappa shape index (κ3) is 4.78. The van der Waals surface area contributed by atoms with Gasteiger partial charge in [-0.1, -0.05) is 36.2 Å². The zero-order valence-corrected chi connectivity index (χ0v) is 16.8. The van der Waals surface area contributed by atoms with Crippen LogP contribution in [-0.4, -0.2) is 56.8 Å². The molecule has 144 valence electrons. The van der Waals surface area contributed by atoms with Crippen LogP contribution in [0.2, 0.25) is 5.02 Å². The quantitative estimate of drug-likeness (QED) is 0.738. The number of rotatable bonds is 6. The van der Waals surface area contributed by atoms with Crippen molar-refractivity contribution >= 4 is 40.9 Å². The van der Waals surface area contributed by atoms with Gasteiger partial charge in [0.15, 0.2) is 0 Å². The number of halogens is 1. The monoisotopic (exact) mass is 408 g/mol. The van der Waals surface area contributed by atoms with Gasteiger partial charge >= 0.3 is 0 Å². The Labute approximate surface area is 166 Å². The fourth-order valence-corrected chi connectivity index (χ4v) is 4.00. The fraction of sp³-hybridized carbons (Fsp3) is 0.471. The van der Waals surface area contributed by atoms with E-state index < -0.39 is 0 Å². The molecular weight excluding hydrogens is 388 g/mol. The summed E-state index contributed by atoms with van der Waals surface area (Å²) in [4.78, 5) is 25.7. The maximum Gasteiger partial charge on any atom is 0.254 e. The standard InChI is InChI=1S/C17H21ClN6O2S/c1-23(2)16(26)13-8-7-11(9-14(13)18)19-15(25)10-27-17-20-21-22-24(17)12-5-3-4-6-12/h7-9,12H,3-6,10H2,1-2H3,(H,19,25). The molecule has 1 N–H and O–H groups in total. The normalized spacial score (nSPS) is 14.3. The van der Waals surface area contributed by atoms with E-state index in [1.54, 1.807) is 32.3 Å². The number of anilines is 1. The number of tetrazole rings is 1. The number of hydrogen-bond acceptors (Lipinski definition) is 6. The largest absolute Gasteiger partial charge is 0.345 e. The zero-order chi connectivity index (χ0) is 19.4. The third-order valence-electron chi connectivity index (χ3n) is 4.35. The highest BCUT2D eigenvalue weighted by Crippen LogP contribution is 2.31. The Hall–Kier alpha value is -2.13. The van der Waals surface area contributed by atoms with Crippen molar-refractivity contribution in [3.8, 4) is 0 Å². The molecule has 2 aromatic rings. The molecule has 1 heterocycles. The van der Waals surface area contributed by atoms with Crippen molar-refractivity contribution in [2.75, 3.05) is 25.2 Å². The number of benzene rings is 1. The molecule has 1 aromatic carbocycles. The zero-order valence-electron chi connectivity index (χ0n) is 15.2. The van der Waals surface area contributed by atoms with E-state index in [0.717, 1.165) is 12.8 Å². The second kappa shape index (κ2) is 8.71. The topological polar surface area (TPSA) is 93.0 Å². The molecule has 10 heteroatoms. The predicted molar refractivity (Wildman–Crippen MR) is 104 cm³/mol. The molecule has 0 atom stereocenters. The molecule has 27 heavy (non-hydrogen) atoms. The Morgan fingerprint density at radius 1 is 1.33 bits per heavy atom. The van der Waals surface area contributed by atoms with E-state index in [-0.39, 0.29) is 17.6 Å². The highest BCUT2D eigenvalue weighted by molar-refractivity contribution is 7.99. The van der Waals surface area contributed by atoms with Gasteiger partial charge in [-0.25, -0.2) is 4.68 Å². The fourth-order valence-electron chi connectivity index (χ4n) is 2.99. The SMILES string of the molecule is CN(C)C(=O)c1ccc(NC(=O)CSc2nnnn2C2CCCC2)cc1Cl. The van der Waals surface area contributed by atoms with Crippen molar-refractivity contribution in [2.45, 2.75) is 36.9 Å². The minimum Gasteiger partial charge on any atom is -0.345 e. The Morgan fingerprint density at radius 3 is 2.74 bits per heavy atom. The van der Waals surface area contributed by atoms with Crippen LogP contribution in [0.3, 0.4) is 0 Å². The molecule has 1 aliphatic rings. The summed E-state index contributed by atoms with van der Waals surface area (Å²) in [5.74, 6) is -0.195. The first kappa shape index (κ1) is 19.6. The van der Waals surface area contributed by atoms with Crippen LogP contribution in [0, 0.1) is 0 Å². The van der Waals surface area contributed by atoms with E-state index in [9.17, 15) is 9.59 Å². The second-order valence-corrected chi connectivity index (χ2v) is 7.93. The summed E-state index contributed by atoms with van der Waals surface area (Å²) in [7, 11) is 3.31. The van der Waals surface area contributed by atoms with Gasteiger partial charge in [0.2, 0.25) is 11.1 Å². The summed E-state index contributed by atoms with van der Waals surface area (Å²) < 4.78 is 1.82. The molecule has 8 nitrogen and oxygen atoms in total. The highest BCUT2D eigenvalue weighted by atomic mass is 35.5. The van der Waals surface area contributed by atoms with Gasteiger partial charge in [-0.2, -0.15) is 0 Å². The van der Waals surface area contributed by atoms with E-state index in [2.05, 4.69) is 20.8 Å². The highest BCUT2D eigenvalue weighted by Gasteiger charge is 2.22. The summed E-state index contributed by atoms with van der Waals surface area (Å²) >= 11 is 7.47. The average Bonchev–Trinajstić information content (AvgIpc) is 3.30. The van der Waals surface area contributed by atoms with Crippen LogP contribution >= 0.6 is 23.4 Å². The van der Waals surface area contributed by atoms with Crippen LogP contribution in [0.5, 0.6) is 0 Å². The summed E-state index contributed by atoms with van der Waals surface area (Å²) in [5.41, 5.74) is 0.932. The Morgan fingerprint density at radius 2 is 2.07 bits per heavy atom. The Balaban J connectivity index is 1.58. The number of nitrogens with zero attached hydrogens (tertiary/aromatic N) is 5. The first-order valence-corrected chi connectivity index (χ1v) is 10.0. The molecular formula is C17H21ClN6O2S. The number of carbonyl (C=O) groups is 2. The van der Waals surface area contributed by atoms with Crippen LogP contribution in [0.25, 0.3) is 0 Å². The van der Waals surface area contributed by atoms with Gasteiger partial charge in [-0.3, -0.25) is 9.59 Å². The first-order valence-electron chi connectivity index (χ1n) is 8.67. The summed E-state index contributed by atoms with van der Waals surface area (Å²) in [6, 6.07) is 5.16. The van der Waals surface area contributed by atoms with E-state index in [1.165, 1.54) is 29.5 Å². The number of carbonyl (C=O) groups excluding carboxylic acids is 2. The lowest BCUT2D eigenvalue weighted by Gasteiger charge is -2.13. The van der Waals surface area contributed by atoms with Gasteiger partial charge in [0, 0.05) is 19.8 Å². The lowest BCUT2D eigenvalue weighted by molar-refractivity contribution is -0.113. The minimum absolute atomic E-state index is 0.184. The van der Waals surface area contributed by atoms with E-state index in [1.807, 2.05) is 4.68 Å². The van der Waals surface area contributed by atoms with Crippen molar-refractivity contribution in [1.82, 2.24) is 25.1 Å². The smallest absolute Gasteiger partial charge is 0.254 e. The van der Waals surface area contributed by atoms with E-state index >= 15 is 0 Å². The molecule has 0 spiro atoms. The summed E-state index contributed by atoms with van der Waals surface area (Å²) in [6.07, 6.45) is 4.51. The Bertz CT molecular complexity index is 835.